The summed E-state index contributed by atoms with van der Waals surface area (Å²) in [5, 5.41) is 38.1. The van der Waals surface area contributed by atoms with E-state index in [9.17, 15) is 44.1 Å². The van der Waals surface area contributed by atoms with Crippen LogP contribution in [0.3, 0.4) is 0 Å². The van der Waals surface area contributed by atoms with E-state index in [1.54, 1.807) is 20.8 Å². The normalized spacial score (nSPS) is 31.8. The summed E-state index contributed by atoms with van der Waals surface area (Å²) in [4.78, 5) is 76.3. The van der Waals surface area contributed by atoms with Gasteiger partial charge in [0.15, 0.2) is 34.7 Å². The molecule has 12 heteroatoms. The minimum Gasteiger partial charge on any atom is -0.505 e. The van der Waals surface area contributed by atoms with E-state index in [1.165, 1.54) is 12.1 Å². The summed E-state index contributed by atoms with van der Waals surface area (Å²) in [6.45, 7) is 5.22. The van der Waals surface area contributed by atoms with Gasteiger partial charge in [-0.05, 0) is 38.8 Å². The Bertz CT molecular complexity index is 1230. The van der Waals surface area contributed by atoms with Crippen molar-refractivity contribution >= 4 is 40.8 Å². The molecule has 3 aliphatic carbocycles. The van der Waals surface area contributed by atoms with Gasteiger partial charge >= 0.3 is 6.03 Å². The van der Waals surface area contributed by atoms with Crippen molar-refractivity contribution in [3.63, 3.8) is 0 Å². The highest BCUT2D eigenvalue weighted by Crippen LogP contribution is 2.50. The van der Waals surface area contributed by atoms with Gasteiger partial charge in [0.25, 0.3) is 0 Å². The number of hydrogen-bond donors (Lipinski definition) is 6. The Morgan fingerprint density at radius 2 is 1.72 bits per heavy atom. The van der Waals surface area contributed by atoms with Gasteiger partial charge in [-0.25, -0.2) is 4.79 Å². The molecule has 0 bridgehead atoms. The number of ketones is 4. The molecule has 0 aromatic heterocycles. The molecular weight excluding hydrogens is 474 g/mol. The zero-order valence-corrected chi connectivity index (χ0v) is 19.8. The van der Waals surface area contributed by atoms with Crippen molar-refractivity contribution in [3.05, 3.63) is 23.3 Å². The van der Waals surface area contributed by atoms with Crippen LogP contribution in [0.25, 0.3) is 0 Å². The fraction of sp³-hybridized carbons (Fsp3) is 0.500. The molecule has 2 fully saturated rings. The number of fused-ring (bicyclic) bond motifs is 3. The lowest BCUT2D eigenvalue weighted by Crippen LogP contribution is -2.72. The van der Waals surface area contributed by atoms with E-state index in [4.69, 9.17) is 5.73 Å². The molecule has 0 saturated heterocycles. The highest BCUT2D eigenvalue weighted by Gasteiger charge is 2.69. The Kier molecular flexibility index (Phi) is 5.80. The average molecular weight is 501 g/mol. The van der Waals surface area contributed by atoms with Gasteiger partial charge in [-0.15, -0.1) is 0 Å². The summed E-state index contributed by atoms with van der Waals surface area (Å²) >= 11 is 0. The fourth-order valence-electron chi connectivity index (χ4n) is 5.55. The van der Waals surface area contributed by atoms with Crippen LogP contribution in [0.1, 0.15) is 43.1 Å². The Morgan fingerprint density at radius 3 is 2.31 bits per heavy atom. The van der Waals surface area contributed by atoms with Crippen LogP contribution in [0, 0.1) is 23.7 Å². The maximum atomic E-state index is 13.5. The lowest BCUT2D eigenvalue weighted by atomic mass is 9.52. The number of aliphatic hydroxyl groups excluding tert-OH is 1. The molecule has 0 heterocycles. The first kappa shape index (κ1) is 25.5. The summed E-state index contributed by atoms with van der Waals surface area (Å²) in [5.41, 5.74) is 1.45. The van der Waals surface area contributed by atoms with E-state index in [0.717, 1.165) is 0 Å². The minimum atomic E-state index is -2.97. The zero-order chi connectivity index (χ0) is 26.9. The van der Waals surface area contributed by atoms with E-state index >= 15 is 0 Å². The van der Waals surface area contributed by atoms with Crippen LogP contribution in [-0.2, 0) is 25.6 Å². The second-order valence-electron chi connectivity index (χ2n) is 10.6. The van der Waals surface area contributed by atoms with Crippen LogP contribution in [0.15, 0.2) is 12.1 Å². The van der Waals surface area contributed by atoms with Gasteiger partial charge in [0.05, 0.1) is 23.3 Å². The molecule has 7 N–H and O–H groups in total. The number of urea groups is 1. The molecule has 1 aromatic carbocycles. The van der Waals surface area contributed by atoms with Gasteiger partial charge in [-0.3, -0.25) is 24.0 Å². The van der Waals surface area contributed by atoms with Crippen LogP contribution < -0.4 is 16.4 Å². The Labute approximate surface area is 205 Å². The van der Waals surface area contributed by atoms with Crippen molar-refractivity contribution in [1.82, 2.24) is 5.32 Å². The van der Waals surface area contributed by atoms with E-state index in [1.807, 2.05) is 0 Å². The van der Waals surface area contributed by atoms with E-state index in [0.29, 0.717) is 0 Å². The number of nitrogens with two attached hydrogens (primary N) is 1. The number of phenolic OH excluding ortho intramolecular Hbond substituents is 1. The Balaban J connectivity index is 1.74. The van der Waals surface area contributed by atoms with Crippen molar-refractivity contribution in [2.45, 2.75) is 50.9 Å². The molecule has 2 unspecified atom stereocenters. The number of benzene rings is 1. The van der Waals surface area contributed by atoms with E-state index < -0.39 is 88.2 Å². The van der Waals surface area contributed by atoms with Crippen LogP contribution in [0.2, 0.25) is 0 Å². The quantitative estimate of drug-likeness (QED) is 0.221. The number of aromatic hydroxyl groups is 1. The standard InChI is InChI=1S/C24H27N3O9/c1-23(2,3)27-22(35)26-11-5-4-8-6-9-14(18(31)13(8)17(11)30)19(32)24(36)10(16(9)29)7-12(28)15(20(24)33)21(25)34/h4-5,9-10,14-16,29-30,36H,6-7H2,1-3H3,(H2,25,34)(H2,26,27,35)/t9-,10-,14?,15?,16+,24+/m1/s1. The second-order valence-corrected chi connectivity index (χ2v) is 10.6. The molecule has 0 aliphatic heterocycles. The average Bonchev–Trinajstić information content (AvgIpc) is 2.74. The third-order valence-electron chi connectivity index (χ3n) is 7.12. The van der Waals surface area contributed by atoms with E-state index in [2.05, 4.69) is 10.6 Å². The summed E-state index contributed by atoms with van der Waals surface area (Å²) in [7, 11) is 0. The van der Waals surface area contributed by atoms with Crippen LogP contribution in [-0.4, -0.2) is 67.6 Å². The molecule has 3 aliphatic rings. The number of anilines is 1. The second kappa shape index (κ2) is 8.20. The van der Waals surface area contributed by atoms with Gasteiger partial charge in [0.1, 0.15) is 5.75 Å². The summed E-state index contributed by atoms with van der Waals surface area (Å²) in [6.07, 6.45) is -2.35. The first-order valence-corrected chi connectivity index (χ1v) is 11.4. The number of amides is 3. The van der Waals surface area contributed by atoms with E-state index in [-0.39, 0.29) is 23.2 Å². The third kappa shape index (κ3) is 3.68. The predicted molar refractivity (Wildman–Crippen MR) is 122 cm³/mol. The number of aliphatic hydroxyl groups is 2. The van der Waals surface area contributed by atoms with Crippen LogP contribution >= 0.6 is 0 Å². The molecule has 6 atom stereocenters. The largest absolute Gasteiger partial charge is 0.505 e. The van der Waals surface area contributed by atoms with Crippen LogP contribution in [0.4, 0.5) is 10.5 Å². The molecule has 1 aromatic rings. The topological polar surface area (TPSA) is 213 Å². The van der Waals surface area contributed by atoms with Crippen LogP contribution in [0.5, 0.6) is 5.75 Å². The van der Waals surface area contributed by atoms with Crippen molar-refractivity contribution in [1.29, 1.82) is 0 Å². The lowest BCUT2D eigenvalue weighted by Gasteiger charge is -2.51. The molecule has 2 saturated carbocycles. The van der Waals surface area contributed by atoms with Gasteiger partial charge in [0, 0.05) is 23.8 Å². The molecule has 36 heavy (non-hydrogen) atoms. The van der Waals surface area contributed by atoms with Crippen molar-refractivity contribution in [3.8, 4) is 5.75 Å². The molecule has 0 radical (unpaired) electrons. The SMILES string of the molecule is CC(C)(C)NC(=O)Nc1ccc2c(c1O)C(=O)C1C(=O)[C@]3(O)C(=O)C(C(N)=O)C(=O)C[C@@H]3[C@@H](O)[C@@H]1C2. The maximum Gasteiger partial charge on any atom is 0.319 e. The minimum absolute atomic E-state index is 0.0884. The maximum absolute atomic E-state index is 13.5. The molecule has 192 valence electrons. The summed E-state index contributed by atoms with van der Waals surface area (Å²) < 4.78 is 0. The number of phenols is 1. The number of hydrogen-bond acceptors (Lipinski definition) is 9. The first-order valence-electron chi connectivity index (χ1n) is 11.4. The first-order chi connectivity index (χ1) is 16.6. The number of Topliss-reactive ketones (excluding diaryl/α,β-unsaturated/α-hetero) is 4. The number of rotatable bonds is 2. The number of carbonyl (C=O) groups is 6. The van der Waals surface area contributed by atoms with Crippen molar-refractivity contribution in [2.24, 2.45) is 29.4 Å². The summed E-state index contributed by atoms with van der Waals surface area (Å²) in [5.74, 6) is -13.0. The Morgan fingerprint density at radius 1 is 1.08 bits per heavy atom. The van der Waals surface area contributed by atoms with Crippen molar-refractivity contribution < 1.29 is 44.1 Å². The molecule has 0 spiro atoms. The third-order valence-corrected chi connectivity index (χ3v) is 7.12. The fourth-order valence-corrected chi connectivity index (χ4v) is 5.55. The molecule has 4 rings (SSSR count). The lowest BCUT2D eigenvalue weighted by molar-refractivity contribution is -0.188. The Hall–Kier alpha value is -3.64. The summed E-state index contributed by atoms with van der Waals surface area (Å²) in [6, 6.07) is 2.16. The predicted octanol–water partition coefficient (Wildman–Crippen LogP) is -0.782. The number of primary amides is 1. The van der Waals surface area contributed by atoms with Gasteiger partial charge < -0.3 is 31.7 Å². The van der Waals surface area contributed by atoms with Gasteiger partial charge in [-0.1, -0.05) is 6.07 Å². The molecule has 3 amide bonds. The highest BCUT2D eigenvalue weighted by atomic mass is 16.3. The number of carbonyl (C=O) groups excluding carboxylic acids is 6. The monoisotopic (exact) mass is 501 g/mol. The van der Waals surface area contributed by atoms with Crippen molar-refractivity contribution in [2.75, 3.05) is 5.32 Å². The smallest absolute Gasteiger partial charge is 0.319 e. The zero-order valence-electron chi connectivity index (χ0n) is 19.8. The number of nitrogens with one attached hydrogen (secondary N) is 2. The van der Waals surface area contributed by atoms with Gasteiger partial charge in [-0.2, -0.15) is 0 Å². The highest BCUT2D eigenvalue weighted by molar-refractivity contribution is 6.31. The molecular formula is C24H27N3O9. The van der Waals surface area contributed by atoms with Gasteiger partial charge in [0.2, 0.25) is 5.91 Å². The molecule has 12 nitrogen and oxygen atoms in total.